The molecule has 1 aromatic carbocycles. The van der Waals surface area contributed by atoms with Gasteiger partial charge in [-0.25, -0.2) is 4.68 Å². The molecule has 1 amide bonds. The van der Waals surface area contributed by atoms with Gasteiger partial charge >= 0.3 is 0 Å². The second-order valence-electron chi connectivity index (χ2n) is 5.54. The van der Waals surface area contributed by atoms with Crippen LogP contribution in [0.25, 0.3) is 11.3 Å². The normalized spacial score (nSPS) is 10.3. The summed E-state index contributed by atoms with van der Waals surface area (Å²) in [6.45, 7) is 0.147. The van der Waals surface area contributed by atoms with Crippen molar-refractivity contribution in [1.82, 2.24) is 20.1 Å². The summed E-state index contributed by atoms with van der Waals surface area (Å²) in [5.74, 6) is 0.389. The molecule has 26 heavy (non-hydrogen) atoms. The van der Waals surface area contributed by atoms with Gasteiger partial charge in [0.2, 0.25) is 5.91 Å². The maximum Gasteiger partial charge on any atom is 0.267 e. The number of benzene rings is 1. The molecule has 0 aliphatic carbocycles. The summed E-state index contributed by atoms with van der Waals surface area (Å²) in [5.41, 5.74) is 1.94. The molecule has 3 rings (SSSR count). The fourth-order valence-corrected chi connectivity index (χ4v) is 2.47. The summed E-state index contributed by atoms with van der Waals surface area (Å²) in [6, 6.07) is 14.0. The summed E-state index contributed by atoms with van der Waals surface area (Å²) in [4.78, 5) is 28.2. The van der Waals surface area contributed by atoms with Gasteiger partial charge in [-0.1, -0.05) is 18.2 Å². The number of rotatable bonds is 6. The molecule has 7 heteroatoms. The molecule has 0 fully saturated rings. The molecule has 0 aliphatic rings. The van der Waals surface area contributed by atoms with Crippen molar-refractivity contribution in [3.8, 4) is 17.0 Å². The van der Waals surface area contributed by atoms with Gasteiger partial charge in [-0.3, -0.25) is 14.6 Å². The minimum absolute atomic E-state index is 0.160. The average molecular weight is 350 g/mol. The zero-order valence-corrected chi connectivity index (χ0v) is 14.3. The first-order valence-electron chi connectivity index (χ1n) is 8.04. The molecule has 0 aliphatic heterocycles. The molecule has 0 saturated carbocycles. The summed E-state index contributed by atoms with van der Waals surface area (Å²) in [7, 11) is 1.58. The van der Waals surface area contributed by atoms with Crippen molar-refractivity contribution in [3.63, 3.8) is 0 Å². The molecular formula is C19H18N4O3. The van der Waals surface area contributed by atoms with Crippen molar-refractivity contribution in [3.05, 3.63) is 76.8 Å². The molecule has 132 valence electrons. The Morgan fingerprint density at radius 3 is 2.65 bits per heavy atom. The molecular weight excluding hydrogens is 332 g/mol. The highest BCUT2D eigenvalue weighted by Gasteiger charge is 2.09. The number of pyridine rings is 1. The van der Waals surface area contributed by atoms with Gasteiger partial charge in [-0.15, -0.1) is 0 Å². The van der Waals surface area contributed by atoms with Crippen LogP contribution in [0.2, 0.25) is 0 Å². The standard InChI is InChI=1S/C19H18N4O3/c1-26-17-5-3-2-4-15(17)12-21-18(24)13-23-19(25)7-6-16(22-23)14-8-10-20-11-9-14/h2-11H,12-13H2,1H3,(H,21,24). The van der Waals surface area contributed by atoms with Gasteiger partial charge in [0.05, 0.1) is 12.8 Å². The van der Waals surface area contributed by atoms with Crippen LogP contribution < -0.4 is 15.6 Å². The zero-order chi connectivity index (χ0) is 18.4. The third-order valence-corrected chi connectivity index (χ3v) is 3.80. The van der Waals surface area contributed by atoms with Crippen molar-refractivity contribution in [2.45, 2.75) is 13.1 Å². The number of ether oxygens (including phenoxy) is 1. The molecule has 1 N–H and O–H groups in total. The number of amides is 1. The van der Waals surface area contributed by atoms with Crippen LogP contribution >= 0.6 is 0 Å². The Balaban J connectivity index is 1.70. The molecule has 0 saturated heterocycles. The first kappa shape index (κ1) is 17.3. The molecule has 0 bridgehead atoms. The summed E-state index contributed by atoms with van der Waals surface area (Å²) < 4.78 is 6.40. The van der Waals surface area contributed by atoms with E-state index in [1.54, 1.807) is 37.7 Å². The minimum atomic E-state index is -0.338. The largest absolute Gasteiger partial charge is 0.496 e. The van der Waals surface area contributed by atoms with Crippen LogP contribution in [-0.2, 0) is 17.9 Å². The van der Waals surface area contributed by atoms with E-state index in [2.05, 4.69) is 15.4 Å². The van der Waals surface area contributed by atoms with E-state index in [0.29, 0.717) is 18.0 Å². The lowest BCUT2D eigenvalue weighted by Gasteiger charge is -2.10. The van der Waals surface area contributed by atoms with E-state index in [0.717, 1.165) is 15.8 Å². The number of nitrogens with zero attached hydrogens (tertiary/aromatic N) is 3. The van der Waals surface area contributed by atoms with E-state index in [9.17, 15) is 9.59 Å². The van der Waals surface area contributed by atoms with E-state index >= 15 is 0 Å². The van der Waals surface area contributed by atoms with Gasteiger partial charge in [-0.05, 0) is 24.3 Å². The molecule has 0 spiro atoms. The molecule has 2 heterocycles. The Hall–Kier alpha value is -3.48. The van der Waals surface area contributed by atoms with Crippen LogP contribution in [0.4, 0.5) is 0 Å². The van der Waals surface area contributed by atoms with E-state index in [-0.39, 0.29) is 18.0 Å². The second-order valence-corrected chi connectivity index (χ2v) is 5.54. The van der Waals surface area contributed by atoms with Crippen LogP contribution in [0, 0.1) is 0 Å². The fourth-order valence-electron chi connectivity index (χ4n) is 2.47. The van der Waals surface area contributed by atoms with Crippen molar-refractivity contribution in [2.24, 2.45) is 0 Å². The summed E-state index contributed by atoms with van der Waals surface area (Å²) in [5, 5.41) is 7.04. The van der Waals surface area contributed by atoms with Crippen LogP contribution in [-0.4, -0.2) is 27.8 Å². The van der Waals surface area contributed by atoms with Gasteiger partial charge in [0.1, 0.15) is 12.3 Å². The highest BCUT2D eigenvalue weighted by molar-refractivity contribution is 5.75. The van der Waals surface area contributed by atoms with Crippen LogP contribution in [0.5, 0.6) is 5.75 Å². The molecule has 3 aromatic rings. The number of aromatic nitrogens is 3. The molecule has 0 unspecified atom stereocenters. The quantitative estimate of drug-likeness (QED) is 0.730. The van der Waals surface area contributed by atoms with Gasteiger partial charge < -0.3 is 10.1 Å². The summed E-state index contributed by atoms with van der Waals surface area (Å²) >= 11 is 0. The number of carbonyl (C=O) groups excluding carboxylic acids is 1. The van der Waals surface area contributed by atoms with Crippen molar-refractivity contribution >= 4 is 5.91 Å². The first-order valence-corrected chi connectivity index (χ1v) is 8.04. The van der Waals surface area contributed by atoms with Gasteiger partial charge in [0.15, 0.2) is 0 Å². The van der Waals surface area contributed by atoms with Gasteiger partial charge in [0.25, 0.3) is 5.56 Å². The minimum Gasteiger partial charge on any atom is -0.496 e. The van der Waals surface area contributed by atoms with Gasteiger partial charge in [-0.2, -0.15) is 5.10 Å². The Morgan fingerprint density at radius 1 is 1.12 bits per heavy atom. The SMILES string of the molecule is COc1ccccc1CNC(=O)Cn1nc(-c2ccncc2)ccc1=O. The first-order chi connectivity index (χ1) is 12.7. The highest BCUT2D eigenvalue weighted by Crippen LogP contribution is 2.16. The zero-order valence-electron chi connectivity index (χ0n) is 14.3. The predicted octanol–water partition coefficient (Wildman–Crippen LogP) is 1.63. The number of methoxy groups -OCH3 is 1. The number of hydrogen-bond acceptors (Lipinski definition) is 5. The van der Waals surface area contributed by atoms with E-state index < -0.39 is 0 Å². The molecule has 0 atom stereocenters. The Labute approximate surface area is 150 Å². The topological polar surface area (TPSA) is 86.1 Å². The number of hydrogen-bond donors (Lipinski definition) is 1. The average Bonchev–Trinajstić information content (AvgIpc) is 2.69. The maximum atomic E-state index is 12.2. The van der Waals surface area contributed by atoms with Crippen molar-refractivity contribution < 1.29 is 9.53 Å². The van der Waals surface area contributed by atoms with Crippen LogP contribution in [0.15, 0.2) is 65.7 Å². The van der Waals surface area contributed by atoms with Crippen molar-refractivity contribution in [1.29, 1.82) is 0 Å². The molecule has 7 nitrogen and oxygen atoms in total. The van der Waals surface area contributed by atoms with E-state index in [1.807, 2.05) is 24.3 Å². The Morgan fingerprint density at radius 2 is 1.88 bits per heavy atom. The Bertz CT molecular complexity index is 954. The number of para-hydroxylation sites is 1. The Kier molecular flexibility index (Phi) is 5.38. The smallest absolute Gasteiger partial charge is 0.267 e. The fraction of sp³-hybridized carbons (Fsp3) is 0.158. The van der Waals surface area contributed by atoms with Crippen molar-refractivity contribution in [2.75, 3.05) is 7.11 Å². The highest BCUT2D eigenvalue weighted by atomic mass is 16.5. The third kappa shape index (κ3) is 4.13. The van der Waals surface area contributed by atoms with E-state index in [1.165, 1.54) is 6.07 Å². The van der Waals surface area contributed by atoms with Crippen LogP contribution in [0.1, 0.15) is 5.56 Å². The van der Waals surface area contributed by atoms with E-state index in [4.69, 9.17) is 4.74 Å². The predicted molar refractivity (Wildman–Crippen MR) is 96.6 cm³/mol. The maximum absolute atomic E-state index is 12.2. The molecule has 0 radical (unpaired) electrons. The molecule has 2 aromatic heterocycles. The lowest BCUT2D eigenvalue weighted by molar-refractivity contribution is -0.122. The second kappa shape index (κ2) is 8.06. The third-order valence-electron chi connectivity index (χ3n) is 3.80. The van der Waals surface area contributed by atoms with Gasteiger partial charge in [0, 0.05) is 36.1 Å². The lowest BCUT2D eigenvalue weighted by atomic mass is 10.2. The van der Waals surface area contributed by atoms with Crippen LogP contribution in [0.3, 0.4) is 0 Å². The number of carbonyl (C=O) groups is 1. The lowest BCUT2D eigenvalue weighted by Crippen LogP contribution is -2.33. The summed E-state index contributed by atoms with van der Waals surface area (Å²) in [6.07, 6.45) is 3.29. The number of nitrogens with one attached hydrogen (secondary N) is 1. The monoisotopic (exact) mass is 350 g/mol.